The van der Waals surface area contributed by atoms with Crippen LogP contribution < -0.4 is 5.43 Å². The molecule has 0 fully saturated rings. The standard InChI is InChI=1S/C16H17ClN2O2S2/c1-3-21-16(20)19-18-15(11-4-6-12(17)7-5-11)14-9-8-13(23-14)10-22-2/h4-9H,3,10H2,1-2H3,(H,19,20). The molecular formula is C16H17ClN2O2S2. The van der Waals surface area contributed by atoms with Crippen molar-refractivity contribution < 1.29 is 9.53 Å². The van der Waals surface area contributed by atoms with Gasteiger partial charge in [-0.05, 0) is 37.4 Å². The number of thioether (sulfide) groups is 1. The highest BCUT2D eigenvalue weighted by molar-refractivity contribution is 7.97. The molecule has 2 rings (SSSR count). The smallest absolute Gasteiger partial charge is 0.427 e. The first-order chi connectivity index (χ1) is 11.1. The molecule has 1 aromatic heterocycles. The molecular weight excluding hydrogens is 352 g/mol. The van der Waals surface area contributed by atoms with Gasteiger partial charge in [0.05, 0.1) is 11.5 Å². The largest absolute Gasteiger partial charge is 0.449 e. The van der Waals surface area contributed by atoms with Crippen LogP contribution in [0.5, 0.6) is 0 Å². The minimum atomic E-state index is -0.570. The predicted octanol–water partition coefficient (Wildman–Crippen LogP) is 4.76. The maximum Gasteiger partial charge on any atom is 0.427 e. The Balaban J connectivity index is 2.31. The first-order valence-corrected chi connectivity index (χ1v) is 9.57. The minimum absolute atomic E-state index is 0.300. The molecule has 0 saturated heterocycles. The van der Waals surface area contributed by atoms with Crippen molar-refractivity contribution in [2.24, 2.45) is 5.10 Å². The van der Waals surface area contributed by atoms with E-state index in [0.717, 1.165) is 16.2 Å². The quantitative estimate of drug-likeness (QED) is 0.590. The number of benzene rings is 1. The first-order valence-electron chi connectivity index (χ1n) is 6.98. The van der Waals surface area contributed by atoms with Crippen LogP contribution in [0.15, 0.2) is 41.5 Å². The van der Waals surface area contributed by atoms with Gasteiger partial charge in [0, 0.05) is 21.2 Å². The Labute approximate surface area is 148 Å². The lowest BCUT2D eigenvalue weighted by atomic mass is 10.1. The highest BCUT2D eigenvalue weighted by Gasteiger charge is 2.12. The Bertz CT molecular complexity index is 684. The van der Waals surface area contributed by atoms with Gasteiger partial charge in [-0.1, -0.05) is 23.7 Å². The summed E-state index contributed by atoms with van der Waals surface area (Å²) in [5.41, 5.74) is 4.00. The number of carbonyl (C=O) groups is 1. The summed E-state index contributed by atoms with van der Waals surface area (Å²) >= 11 is 9.37. The lowest BCUT2D eigenvalue weighted by molar-refractivity contribution is 0.152. The Morgan fingerprint density at radius 2 is 2.04 bits per heavy atom. The Hall–Kier alpha value is -1.50. The minimum Gasteiger partial charge on any atom is -0.449 e. The van der Waals surface area contributed by atoms with E-state index in [1.54, 1.807) is 42.2 Å². The van der Waals surface area contributed by atoms with Crippen LogP contribution >= 0.6 is 34.7 Å². The van der Waals surface area contributed by atoms with Crippen molar-refractivity contribution in [2.45, 2.75) is 12.7 Å². The fraction of sp³-hybridized carbons (Fsp3) is 0.250. The number of hydrogen-bond acceptors (Lipinski definition) is 5. The highest BCUT2D eigenvalue weighted by atomic mass is 35.5. The second-order valence-electron chi connectivity index (χ2n) is 4.50. The van der Waals surface area contributed by atoms with Crippen LogP contribution in [-0.2, 0) is 10.5 Å². The zero-order valence-corrected chi connectivity index (χ0v) is 15.2. The molecule has 0 unspecified atom stereocenters. The maximum absolute atomic E-state index is 11.5. The van der Waals surface area contributed by atoms with Crippen LogP contribution in [0.1, 0.15) is 22.2 Å². The summed E-state index contributed by atoms with van der Waals surface area (Å²) in [6.07, 6.45) is 1.50. The molecule has 0 aliphatic rings. The van der Waals surface area contributed by atoms with E-state index >= 15 is 0 Å². The average molecular weight is 369 g/mol. The average Bonchev–Trinajstić information content (AvgIpc) is 2.98. The second kappa shape index (κ2) is 8.96. The van der Waals surface area contributed by atoms with Crippen molar-refractivity contribution in [3.05, 3.63) is 56.7 Å². The molecule has 122 valence electrons. The van der Waals surface area contributed by atoms with Crippen LogP contribution in [0.3, 0.4) is 0 Å². The van der Waals surface area contributed by atoms with Crippen molar-refractivity contribution in [1.82, 2.24) is 5.43 Å². The number of halogens is 1. The molecule has 1 heterocycles. The van der Waals surface area contributed by atoms with Gasteiger partial charge in [0.15, 0.2) is 0 Å². The van der Waals surface area contributed by atoms with E-state index in [0.29, 0.717) is 17.3 Å². The van der Waals surface area contributed by atoms with Gasteiger partial charge >= 0.3 is 6.09 Å². The third-order valence-corrected chi connectivity index (χ3v) is 4.96. The highest BCUT2D eigenvalue weighted by Crippen LogP contribution is 2.24. The van der Waals surface area contributed by atoms with E-state index in [4.69, 9.17) is 16.3 Å². The SMILES string of the molecule is CCOC(=O)NN=C(c1ccc(Cl)cc1)c1ccc(CSC)s1. The van der Waals surface area contributed by atoms with Crippen molar-refractivity contribution in [2.75, 3.05) is 12.9 Å². The molecule has 0 radical (unpaired) electrons. The molecule has 0 spiro atoms. The number of amides is 1. The van der Waals surface area contributed by atoms with Crippen LogP contribution in [-0.4, -0.2) is 24.7 Å². The Morgan fingerprint density at radius 1 is 1.30 bits per heavy atom. The number of hydrogen-bond donors (Lipinski definition) is 1. The third kappa shape index (κ3) is 5.27. The third-order valence-electron chi connectivity index (χ3n) is 2.83. The molecule has 4 nitrogen and oxygen atoms in total. The summed E-state index contributed by atoms with van der Waals surface area (Å²) < 4.78 is 4.85. The van der Waals surface area contributed by atoms with Crippen LogP contribution in [0, 0.1) is 0 Å². The zero-order valence-electron chi connectivity index (χ0n) is 12.8. The zero-order chi connectivity index (χ0) is 16.7. The summed E-state index contributed by atoms with van der Waals surface area (Å²) in [5.74, 6) is 0.948. The number of hydrazone groups is 1. The monoisotopic (exact) mass is 368 g/mol. The van der Waals surface area contributed by atoms with Crippen LogP contribution in [0.4, 0.5) is 4.79 Å². The van der Waals surface area contributed by atoms with Gasteiger partial charge in [-0.25, -0.2) is 10.2 Å². The van der Waals surface area contributed by atoms with Gasteiger partial charge in [-0.2, -0.15) is 16.9 Å². The van der Waals surface area contributed by atoms with Gasteiger partial charge in [0.25, 0.3) is 0 Å². The van der Waals surface area contributed by atoms with Gasteiger partial charge in [-0.15, -0.1) is 11.3 Å². The summed E-state index contributed by atoms with van der Waals surface area (Å²) in [4.78, 5) is 13.7. The fourth-order valence-electron chi connectivity index (χ4n) is 1.86. The predicted molar refractivity (Wildman–Crippen MR) is 98.8 cm³/mol. The number of carbonyl (C=O) groups excluding carboxylic acids is 1. The van der Waals surface area contributed by atoms with E-state index < -0.39 is 6.09 Å². The van der Waals surface area contributed by atoms with Gasteiger partial charge in [-0.3, -0.25) is 0 Å². The van der Waals surface area contributed by atoms with E-state index in [1.165, 1.54) is 4.88 Å². The second-order valence-corrected chi connectivity index (χ2v) is 6.97. The molecule has 23 heavy (non-hydrogen) atoms. The van der Waals surface area contributed by atoms with Gasteiger partial charge in [0.2, 0.25) is 0 Å². The van der Waals surface area contributed by atoms with E-state index in [9.17, 15) is 4.79 Å². The van der Waals surface area contributed by atoms with E-state index in [-0.39, 0.29) is 0 Å². The molecule has 2 aromatic rings. The summed E-state index contributed by atoms with van der Waals surface area (Å²) in [6.45, 7) is 2.05. The lowest BCUT2D eigenvalue weighted by Gasteiger charge is -2.06. The van der Waals surface area contributed by atoms with Crippen LogP contribution in [0.25, 0.3) is 0 Å². The summed E-state index contributed by atoms with van der Waals surface area (Å²) in [6, 6.07) is 11.4. The molecule has 1 N–H and O–H groups in total. The Morgan fingerprint density at radius 3 is 2.70 bits per heavy atom. The number of ether oxygens (including phenoxy) is 1. The van der Waals surface area contributed by atoms with Crippen LogP contribution in [0.2, 0.25) is 5.02 Å². The Kier molecular flexibility index (Phi) is 6.95. The maximum atomic E-state index is 11.5. The normalized spacial score (nSPS) is 11.3. The van der Waals surface area contributed by atoms with Gasteiger partial charge < -0.3 is 4.74 Å². The number of nitrogens with zero attached hydrogens (tertiary/aromatic N) is 1. The van der Waals surface area contributed by atoms with Crippen molar-refractivity contribution in [1.29, 1.82) is 0 Å². The number of thiophene rings is 1. The number of rotatable bonds is 6. The molecule has 0 bridgehead atoms. The van der Waals surface area contributed by atoms with Crippen molar-refractivity contribution in [3.63, 3.8) is 0 Å². The molecule has 0 aliphatic heterocycles. The molecule has 1 aromatic carbocycles. The lowest BCUT2D eigenvalue weighted by Crippen LogP contribution is -2.21. The van der Waals surface area contributed by atoms with Crippen molar-refractivity contribution in [3.8, 4) is 0 Å². The van der Waals surface area contributed by atoms with E-state index in [2.05, 4.69) is 22.8 Å². The van der Waals surface area contributed by atoms with Gasteiger partial charge in [0.1, 0.15) is 5.71 Å². The topological polar surface area (TPSA) is 50.7 Å². The molecule has 0 saturated carbocycles. The molecule has 0 aliphatic carbocycles. The number of nitrogens with one attached hydrogen (secondary N) is 1. The summed E-state index contributed by atoms with van der Waals surface area (Å²) in [5, 5.41) is 4.89. The summed E-state index contributed by atoms with van der Waals surface area (Å²) in [7, 11) is 0. The molecule has 7 heteroatoms. The van der Waals surface area contributed by atoms with E-state index in [1.807, 2.05) is 18.2 Å². The molecule has 1 amide bonds. The fourth-order valence-corrected chi connectivity index (χ4v) is 3.77. The molecule has 0 atom stereocenters. The van der Waals surface area contributed by atoms with Crippen molar-refractivity contribution >= 4 is 46.5 Å². The first kappa shape index (κ1) is 17.8.